The van der Waals surface area contributed by atoms with E-state index in [1.165, 1.54) is 18.2 Å². The molecule has 0 saturated carbocycles. The molecule has 0 spiro atoms. The Morgan fingerprint density at radius 2 is 2.22 bits per heavy atom. The maximum atomic E-state index is 12.0. The largest absolute Gasteiger partial charge is 0.480 e. The molecule has 1 fully saturated rings. The Kier molecular flexibility index (Phi) is 6.49. The molecular weight excluding hydrogens is 252 g/mol. The number of carboxylic acids is 1. The number of amides is 1. The first-order valence-electron chi connectivity index (χ1n) is 6.41. The number of thioether (sulfide) groups is 1. The van der Waals surface area contributed by atoms with Gasteiger partial charge in [-0.05, 0) is 25.7 Å². The van der Waals surface area contributed by atoms with E-state index in [0.717, 1.165) is 25.8 Å². The van der Waals surface area contributed by atoms with Gasteiger partial charge in [0.25, 0.3) is 0 Å². The first-order valence-corrected chi connectivity index (χ1v) is 7.57. The van der Waals surface area contributed by atoms with Crippen molar-refractivity contribution >= 4 is 23.6 Å². The average Bonchev–Trinajstić information content (AvgIpc) is 2.38. The van der Waals surface area contributed by atoms with E-state index >= 15 is 0 Å². The predicted molar refractivity (Wildman–Crippen MR) is 72.6 cm³/mol. The summed E-state index contributed by atoms with van der Waals surface area (Å²) < 4.78 is 0. The molecule has 1 amide bonds. The lowest BCUT2D eigenvalue weighted by atomic mass is 10.0. The van der Waals surface area contributed by atoms with E-state index < -0.39 is 12.0 Å². The summed E-state index contributed by atoms with van der Waals surface area (Å²) in [4.78, 5) is 24.5. The molecule has 1 unspecified atom stereocenters. The summed E-state index contributed by atoms with van der Waals surface area (Å²) in [5.41, 5.74) is 5.39. The highest BCUT2D eigenvalue weighted by Crippen LogP contribution is 2.20. The number of aliphatic carboxylic acids is 1. The lowest BCUT2D eigenvalue weighted by Gasteiger charge is -2.35. The molecule has 5 nitrogen and oxygen atoms in total. The first kappa shape index (κ1) is 15.3. The van der Waals surface area contributed by atoms with E-state index in [9.17, 15) is 9.59 Å². The average molecular weight is 274 g/mol. The molecule has 18 heavy (non-hydrogen) atoms. The van der Waals surface area contributed by atoms with Crippen LogP contribution in [0.5, 0.6) is 0 Å². The lowest BCUT2D eigenvalue weighted by molar-refractivity contribution is -0.138. The number of piperidine rings is 1. The summed E-state index contributed by atoms with van der Waals surface area (Å²) >= 11 is 1.31. The summed E-state index contributed by atoms with van der Waals surface area (Å²) in [6, 6.07) is -0.522. The topological polar surface area (TPSA) is 83.6 Å². The zero-order valence-corrected chi connectivity index (χ0v) is 11.6. The van der Waals surface area contributed by atoms with Gasteiger partial charge in [0.15, 0.2) is 0 Å². The van der Waals surface area contributed by atoms with Crippen molar-refractivity contribution in [3.05, 3.63) is 0 Å². The van der Waals surface area contributed by atoms with Gasteiger partial charge in [0.2, 0.25) is 5.91 Å². The van der Waals surface area contributed by atoms with Crippen LogP contribution >= 0.6 is 11.8 Å². The molecule has 0 aliphatic carbocycles. The summed E-state index contributed by atoms with van der Waals surface area (Å²) in [7, 11) is 0. The van der Waals surface area contributed by atoms with E-state index in [-0.39, 0.29) is 11.7 Å². The summed E-state index contributed by atoms with van der Waals surface area (Å²) in [5, 5.41) is 8.64. The third kappa shape index (κ3) is 4.49. The van der Waals surface area contributed by atoms with Crippen molar-refractivity contribution in [2.75, 3.05) is 18.1 Å². The molecule has 1 aliphatic rings. The number of carbonyl (C=O) groups excluding carboxylic acids is 1. The number of rotatable bonds is 6. The molecule has 0 aromatic carbocycles. The minimum Gasteiger partial charge on any atom is -0.480 e. The molecule has 1 heterocycles. The number of likely N-dealkylation sites (tertiary alicyclic amines) is 1. The molecule has 1 rings (SSSR count). The number of nitrogens with zero attached hydrogens (tertiary/aromatic N) is 1. The minimum atomic E-state index is -1.01. The van der Waals surface area contributed by atoms with Crippen LogP contribution in [-0.4, -0.2) is 52.0 Å². The fraction of sp³-hybridized carbons (Fsp3) is 0.833. The second-order valence-corrected chi connectivity index (χ2v) is 5.64. The summed E-state index contributed by atoms with van der Waals surface area (Å²) in [5.74, 6) is -0.285. The van der Waals surface area contributed by atoms with Crippen LogP contribution in [0, 0.1) is 0 Å². The van der Waals surface area contributed by atoms with E-state index in [0.29, 0.717) is 11.8 Å². The Balaban J connectivity index is 2.33. The van der Waals surface area contributed by atoms with Crippen LogP contribution in [0.2, 0.25) is 0 Å². The van der Waals surface area contributed by atoms with Crippen LogP contribution < -0.4 is 5.73 Å². The van der Waals surface area contributed by atoms with Gasteiger partial charge in [-0.15, -0.1) is 11.8 Å². The number of hydrogen-bond acceptors (Lipinski definition) is 4. The van der Waals surface area contributed by atoms with Crippen molar-refractivity contribution in [1.29, 1.82) is 0 Å². The van der Waals surface area contributed by atoms with Crippen LogP contribution in [-0.2, 0) is 9.59 Å². The summed E-state index contributed by atoms with van der Waals surface area (Å²) in [6.45, 7) is 2.94. The molecule has 0 radical (unpaired) electrons. The van der Waals surface area contributed by atoms with Gasteiger partial charge in [-0.25, -0.2) is 0 Å². The van der Waals surface area contributed by atoms with Gasteiger partial charge in [-0.2, -0.15) is 0 Å². The maximum Gasteiger partial charge on any atom is 0.321 e. The van der Waals surface area contributed by atoms with Crippen molar-refractivity contribution < 1.29 is 14.7 Å². The molecule has 104 valence electrons. The zero-order valence-electron chi connectivity index (χ0n) is 10.8. The van der Waals surface area contributed by atoms with Gasteiger partial charge >= 0.3 is 5.97 Å². The third-order valence-electron chi connectivity index (χ3n) is 3.26. The molecule has 1 saturated heterocycles. The second kappa shape index (κ2) is 7.63. The van der Waals surface area contributed by atoms with Gasteiger partial charge in [0.05, 0.1) is 5.75 Å². The SMILES string of the molecule is CCC1CCCCN1C(=O)CSC[C@H](N)C(=O)O. The van der Waals surface area contributed by atoms with Gasteiger partial charge < -0.3 is 15.7 Å². The Bertz CT molecular complexity index is 299. The Hall–Kier alpha value is -0.750. The van der Waals surface area contributed by atoms with E-state index in [4.69, 9.17) is 10.8 Å². The molecule has 0 bridgehead atoms. The van der Waals surface area contributed by atoms with Crippen molar-refractivity contribution in [2.24, 2.45) is 5.73 Å². The molecular formula is C12H22N2O3S. The highest BCUT2D eigenvalue weighted by atomic mass is 32.2. The van der Waals surface area contributed by atoms with E-state index in [1.807, 2.05) is 4.90 Å². The Morgan fingerprint density at radius 3 is 2.83 bits per heavy atom. The fourth-order valence-electron chi connectivity index (χ4n) is 2.18. The fourth-order valence-corrected chi connectivity index (χ4v) is 3.04. The standard InChI is InChI=1S/C12H22N2O3S/c1-2-9-5-3-4-6-14(9)11(15)8-18-7-10(13)12(16)17/h9-10H,2-8,13H2,1H3,(H,16,17)/t9?,10-/m0/s1. The second-order valence-electron chi connectivity index (χ2n) is 4.60. The molecule has 2 atom stereocenters. The lowest BCUT2D eigenvalue weighted by Crippen LogP contribution is -2.44. The van der Waals surface area contributed by atoms with Gasteiger partial charge in [-0.3, -0.25) is 9.59 Å². The Morgan fingerprint density at radius 1 is 1.50 bits per heavy atom. The number of nitrogens with two attached hydrogens (primary N) is 1. The highest BCUT2D eigenvalue weighted by Gasteiger charge is 2.25. The smallest absolute Gasteiger partial charge is 0.321 e. The minimum absolute atomic E-state index is 0.115. The highest BCUT2D eigenvalue weighted by molar-refractivity contribution is 8.00. The van der Waals surface area contributed by atoms with Crippen LogP contribution in [0.4, 0.5) is 0 Å². The number of carboxylic acid groups (broad SMARTS) is 1. The predicted octanol–water partition coefficient (Wildman–Crippen LogP) is 0.923. The number of hydrogen-bond donors (Lipinski definition) is 2. The van der Waals surface area contributed by atoms with Crippen LogP contribution in [0.3, 0.4) is 0 Å². The van der Waals surface area contributed by atoms with Gasteiger partial charge in [-0.1, -0.05) is 6.92 Å². The maximum absolute atomic E-state index is 12.0. The quantitative estimate of drug-likeness (QED) is 0.752. The first-order chi connectivity index (χ1) is 8.56. The molecule has 6 heteroatoms. The Labute approximate surface area is 112 Å². The van der Waals surface area contributed by atoms with Crippen molar-refractivity contribution in [3.63, 3.8) is 0 Å². The monoisotopic (exact) mass is 274 g/mol. The van der Waals surface area contributed by atoms with Gasteiger partial charge in [0.1, 0.15) is 6.04 Å². The van der Waals surface area contributed by atoms with Crippen LogP contribution in [0.25, 0.3) is 0 Å². The molecule has 1 aliphatic heterocycles. The third-order valence-corrected chi connectivity index (χ3v) is 4.30. The van der Waals surface area contributed by atoms with E-state index in [1.54, 1.807) is 0 Å². The van der Waals surface area contributed by atoms with Crippen molar-refractivity contribution in [1.82, 2.24) is 4.90 Å². The zero-order chi connectivity index (χ0) is 13.5. The van der Waals surface area contributed by atoms with Crippen LogP contribution in [0.15, 0.2) is 0 Å². The van der Waals surface area contributed by atoms with Crippen LogP contribution in [0.1, 0.15) is 32.6 Å². The van der Waals surface area contributed by atoms with Crippen molar-refractivity contribution in [2.45, 2.75) is 44.7 Å². The molecule has 3 N–H and O–H groups in total. The van der Waals surface area contributed by atoms with Gasteiger partial charge in [0, 0.05) is 18.3 Å². The molecule has 0 aromatic heterocycles. The summed E-state index contributed by atoms with van der Waals surface area (Å²) in [6.07, 6.45) is 4.34. The molecule has 0 aromatic rings. The normalized spacial score (nSPS) is 21.7. The number of carbonyl (C=O) groups is 2. The van der Waals surface area contributed by atoms with E-state index in [2.05, 4.69) is 6.92 Å². The van der Waals surface area contributed by atoms with Crippen molar-refractivity contribution in [3.8, 4) is 0 Å².